The highest BCUT2D eigenvalue weighted by molar-refractivity contribution is 5.96. The second kappa shape index (κ2) is 8.71. The molecule has 3 aromatic heterocycles. The van der Waals surface area contributed by atoms with E-state index in [-0.39, 0.29) is 17.1 Å². The molecule has 186 valence electrons. The van der Waals surface area contributed by atoms with Gasteiger partial charge in [0, 0.05) is 18.3 Å². The second-order valence-corrected chi connectivity index (χ2v) is 9.12. The van der Waals surface area contributed by atoms with E-state index < -0.39 is 41.2 Å². The summed E-state index contributed by atoms with van der Waals surface area (Å²) in [5, 5.41) is 6.96. The van der Waals surface area contributed by atoms with Gasteiger partial charge in [-0.2, -0.15) is 18.3 Å². The van der Waals surface area contributed by atoms with E-state index in [2.05, 4.69) is 20.4 Å². The predicted molar refractivity (Wildman–Crippen MR) is 120 cm³/mol. The largest absolute Gasteiger partial charge is 0.444 e. The number of nitrogens with one attached hydrogen (secondary N) is 1. The number of fused-ring (bicyclic) bond motifs is 1. The standard InChI is InChI=1S/C22H24F3N7O3/c1-21(2,3)35-20(34)31-8-4-5-15(31)19(33)29-16-11-32-17(28-16)7-6-14(30-32)12-9-13(22(23,24)25)18(26)27-10-12/h6-7,9-11,15H,4-5,8H2,1-3H3,(H2,26,27)(H,29,33)/t15-/m0/s1. The summed E-state index contributed by atoms with van der Waals surface area (Å²) in [6, 6.07) is 3.20. The zero-order chi connectivity index (χ0) is 25.5. The number of likely N-dealkylation sites (tertiary alicyclic amines) is 1. The van der Waals surface area contributed by atoms with Gasteiger partial charge in [-0.1, -0.05) is 0 Å². The molecule has 0 spiro atoms. The van der Waals surface area contributed by atoms with Gasteiger partial charge in [0.15, 0.2) is 11.5 Å². The first-order valence-corrected chi connectivity index (χ1v) is 10.8. The molecule has 35 heavy (non-hydrogen) atoms. The van der Waals surface area contributed by atoms with Crippen molar-refractivity contribution in [3.63, 3.8) is 0 Å². The van der Waals surface area contributed by atoms with Crippen molar-refractivity contribution in [2.45, 2.75) is 51.4 Å². The number of carbonyl (C=O) groups is 2. The Morgan fingerprint density at radius 2 is 1.97 bits per heavy atom. The molecule has 0 unspecified atom stereocenters. The molecule has 4 heterocycles. The van der Waals surface area contributed by atoms with Crippen molar-refractivity contribution in [1.82, 2.24) is 24.5 Å². The average molecular weight is 491 g/mol. The topological polar surface area (TPSA) is 128 Å². The summed E-state index contributed by atoms with van der Waals surface area (Å²) < 4.78 is 46.3. The van der Waals surface area contributed by atoms with Crippen LogP contribution in [0.25, 0.3) is 16.9 Å². The quantitative estimate of drug-likeness (QED) is 0.571. The number of halogens is 3. The second-order valence-electron chi connectivity index (χ2n) is 9.12. The van der Waals surface area contributed by atoms with Crippen LogP contribution in [-0.2, 0) is 15.7 Å². The summed E-state index contributed by atoms with van der Waals surface area (Å²) >= 11 is 0. The Morgan fingerprint density at radius 3 is 2.66 bits per heavy atom. The number of alkyl halides is 3. The predicted octanol–water partition coefficient (Wildman–Crippen LogP) is 3.73. The van der Waals surface area contributed by atoms with E-state index in [4.69, 9.17) is 10.5 Å². The van der Waals surface area contributed by atoms with E-state index >= 15 is 0 Å². The van der Waals surface area contributed by atoms with Crippen LogP contribution in [0.3, 0.4) is 0 Å². The lowest BCUT2D eigenvalue weighted by Crippen LogP contribution is -2.45. The molecule has 13 heteroatoms. The summed E-state index contributed by atoms with van der Waals surface area (Å²) in [6.45, 7) is 5.65. The molecule has 3 N–H and O–H groups in total. The van der Waals surface area contributed by atoms with E-state index in [1.807, 2.05) is 0 Å². The molecule has 4 rings (SSSR count). The minimum absolute atomic E-state index is 0.117. The lowest BCUT2D eigenvalue weighted by molar-refractivity contribution is -0.137. The molecule has 0 radical (unpaired) electrons. The van der Waals surface area contributed by atoms with Gasteiger partial charge in [-0.15, -0.1) is 0 Å². The van der Waals surface area contributed by atoms with Gasteiger partial charge >= 0.3 is 12.3 Å². The minimum atomic E-state index is -4.66. The van der Waals surface area contributed by atoms with Gasteiger partial charge in [-0.05, 0) is 51.8 Å². The number of carbonyl (C=O) groups excluding carboxylic acids is 2. The van der Waals surface area contributed by atoms with Crippen molar-refractivity contribution in [2.75, 3.05) is 17.6 Å². The van der Waals surface area contributed by atoms with E-state index in [9.17, 15) is 22.8 Å². The molecule has 1 atom stereocenters. The molecular weight excluding hydrogens is 467 g/mol. The zero-order valence-corrected chi connectivity index (χ0v) is 19.3. The van der Waals surface area contributed by atoms with Crippen LogP contribution in [0, 0.1) is 0 Å². The van der Waals surface area contributed by atoms with Gasteiger partial charge in [0.2, 0.25) is 5.91 Å². The number of nitrogens with zero attached hydrogens (tertiary/aromatic N) is 5. The number of imidazole rings is 1. The third-order valence-corrected chi connectivity index (χ3v) is 5.27. The summed E-state index contributed by atoms with van der Waals surface area (Å²) in [5.74, 6) is -0.862. The van der Waals surface area contributed by atoms with Gasteiger partial charge < -0.3 is 15.8 Å². The smallest absolute Gasteiger partial charge is 0.419 e. The van der Waals surface area contributed by atoms with Gasteiger partial charge in [0.25, 0.3) is 0 Å². The first-order valence-electron chi connectivity index (χ1n) is 10.8. The van der Waals surface area contributed by atoms with Crippen LogP contribution in [0.1, 0.15) is 39.2 Å². The van der Waals surface area contributed by atoms with E-state index in [1.165, 1.54) is 27.9 Å². The highest BCUT2D eigenvalue weighted by Crippen LogP contribution is 2.34. The fraction of sp³-hybridized carbons (Fsp3) is 0.409. The van der Waals surface area contributed by atoms with Crippen molar-refractivity contribution < 1.29 is 27.5 Å². The van der Waals surface area contributed by atoms with Crippen LogP contribution >= 0.6 is 0 Å². The minimum Gasteiger partial charge on any atom is -0.444 e. The molecule has 0 aromatic carbocycles. The molecule has 1 fully saturated rings. The van der Waals surface area contributed by atoms with Crippen molar-refractivity contribution in [2.24, 2.45) is 0 Å². The number of rotatable bonds is 3. The van der Waals surface area contributed by atoms with Crippen molar-refractivity contribution >= 4 is 29.3 Å². The summed E-state index contributed by atoms with van der Waals surface area (Å²) in [7, 11) is 0. The van der Waals surface area contributed by atoms with Gasteiger partial charge in [0.1, 0.15) is 17.5 Å². The van der Waals surface area contributed by atoms with E-state index in [0.717, 1.165) is 6.07 Å². The fourth-order valence-electron chi connectivity index (χ4n) is 3.73. The van der Waals surface area contributed by atoms with E-state index in [1.54, 1.807) is 26.8 Å². The van der Waals surface area contributed by atoms with Crippen LogP contribution in [-0.4, -0.2) is 54.7 Å². The number of hydrogen-bond acceptors (Lipinski definition) is 7. The Labute approximate surface area is 198 Å². The molecule has 10 nitrogen and oxygen atoms in total. The van der Waals surface area contributed by atoms with Crippen molar-refractivity contribution in [3.8, 4) is 11.3 Å². The van der Waals surface area contributed by atoms with Gasteiger partial charge in [-0.3, -0.25) is 9.69 Å². The lowest BCUT2D eigenvalue weighted by Gasteiger charge is -2.27. The molecule has 0 aliphatic carbocycles. The molecule has 1 aliphatic rings. The number of nitrogens with two attached hydrogens (primary N) is 1. The number of ether oxygens (including phenoxy) is 1. The first kappa shape index (κ1) is 24.2. The Hall–Kier alpha value is -3.90. The van der Waals surface area contributed by atoms with Gasteiger partial charge in [0.05, 0.1) is 17.5 Å². The SMILES string of the molecule is CC(C)(C)OC(=O)N1CCC[C@H]1C(=O)Nc1cn2nc(-c3cnc(N)c(C(F)(F)F)c3)ccc2n1. The van der Waals surface area contributed by atoms with Crippen LogP contribution in [0.15, 0.2) is 30.6 Å². The maximum Gasteiger partial charge on any atom is 0.419 e. The fourth-order valence-corrected chi connectivity index (χ4v) is 3.73. The molecular formula is C22H24F3N7O3. The highest BCUT2D eigenvalue weighted by Gasteiger charge is 2.37. The molecule has 0 bridgehead atoms. The number of aromatic nitrogens is 4. The molecule has 0 saturated carbocycles. The molecule has 3 aromatic rings. The van der Waals surface area contributed by atoms with Crippen LogP contribution in [0.4, 0.5) is 29.6 Å². The van der Waals surface area contributed by atoms with Crippen LogP contribution in [0.2, 0.25) is 0 Å². The third kappa shape index (κ3) is 5.28. The lowest BCUT2D eigenvalue weighted by atomic mass is 10.1. The Kier molecular flexibility index (Phi) is 6.03. The normalized spacial score (nSPS) is 16.5. The maximum atomic E-state index is 13.2. The van der Waals surface area contributed by atoms with Crippen molar-refractivity contribution in [1.29, 1.82) is 0 Å². The van der Waals surface area contributed by atoms with Crippen LogP contribution in [0.5, 0.6) is 0 Å². The summed E-state index contributed by atoms with van der Waals surface area (Å²) in [5.41, 5.74) is 4.31. The summed E-state index contributed by atoms with van der Waals surface area (Å²) in [4.78, 5) is 34.6. The Morgan fingerprint density at radius 1 is 1.23 bits per heavy atom. The Balaban J connectivity index is 1.53. The number of amides is 2. The molecule has 1 saturated heterocycles. The van der Waals surface area contributed by atoms with Crippen LogP contribution < -0.4 is 11.1 Å². The average Bonchev–Trinajstić information content (AvgIpc) is 3.38. The highest BCUT2D eigenvalue weighted by atomic mass is 19.4. The number of pyridine rings is 1. The monoisotopic (exact) mass is 491 g/mol. The maximum absolute atomic E-state index is 13.2. The Bertz CT molecular complexity index is 1280. The van der Waals surface area contributed by atoms with E-state index in [0.29, 0.717) is 25.0 Å². The number of hydrogen-bond donors (Lipinski definition) is 2. The third-order valence-electron chi connectivity index (χ3n) is 5.27. The number of nitrogen functional groups attached to an aromatic ring is 1. The first-order chi connectivity index (χ1) is 16.3. The van der Waals surface area contributed by atoms with Crippen molar-refractivity contribution in [3.05, 3.63) is 36.2 Å². The zero-order valence-electron chi connectivity index (χ0n) is 19.3. The molecule has 1 aliphatic heterocycles. The summed E-state index contributed by atoms with van der Waals surface area (Å²) in [6.07, 6.45) is -1.46. The van der Waals surface area contributed by atoms with Gasteiger partial charge in [-0.25, -0.2) is 19.3 Å². The molecule has 2 amide bonds. The number of anilines is 2.